The van der Waals surface area contributed by atoms with Crippen LogP contribution in [0.5, 0.6) is 5.75 Å². The fourth-order valence-electron chi connectivity index (χ4n) is 4.86. The second kappa shape index (κ2) is 7.91. The van der Waals surface area contributed by atoms with Crippen molar-refractivity contribution in [1.29, 1.82) is 0 Å². The predicted molar refractivity (Wildman–Crippen MR) is 116 cm³/mol. The molecule has 150 valence electrons. The molecule has 2 aromatic carbocycles. The predicted octanol–water partition coefficient (Wildman–Crippen LogP) is 4.03. The Balaban J connectivity index is 1.28. The molecule has 0 amide bonds. The van der Waals surface area contributed by atoms with Gasteiger partial charge >= 0.3 is 0 Å². The van der Waals surface area contributed by atoms with Crippen LogP contribution in [0.2, 0.25) is 0 Å². The molecule has 1 N–H and O–H groups in total. The fraction of sp³-hybridized carbons (Fsp3) is 0.375. The largest absolute Gasteiger partial charge is 0.497 e. The van der Waals surface area contributed by atoms with Gasteiger partial charge in [-0.1, -0.05) is 30.3 Å². The molecular formula is C24H28N4O. The Morgan fingerprint density at radius 2 is 1.76 bits per heavy atom. The molecule has 0 radical (unpaired) electrons. The molecule has 0 saturated carbocycles. The summed E-state index contributed by atoms with van der Waals surface area (Å²) in [6, 6.07) is 19.9. The first-order valence-electron chi connectivity index (χ1n) is 10.5. The quantitative estimate of drug-likeness (QED) is 0.733. The molecule has 5 nitrogen and oxygen atoms in total. The molecule has 5 rings (SSSR count). The van der Waals surface area contributed by atoms with E-state index in [1.54, 1.807) is 7.11 Å². The summed E-state index contributed by atoms with van der Waals surface area (Å²) in [6.45, 7) is 4.22. The first kappa shape index (κ1) is 18.3. The normalized spacial score (nSPS) is 20.4. The Kier molecular flexibility index (Phi) is 4.98. The van der Waals surface area contributed by atoms with Crippen LogP contribution >= 0.6 is 0 Å². The number of piperidine rings is 1. The lowest BCUT2D eigenvalue weighted by atomic mass is 9.89. The number of methoxy groups -OCH3 is 1. The van der Waals surface area contributed by atoms with Gasteiger partial charge in [-0.3, -0.25) is 4.90 Å². The minimum atomic E-state index is 0.353. The van der Waals surface area contributed by atoms with Crippen molar-refractivity contribution in [2.75, 3.05) is 31.6 Å². The lowest BCUT2D eigenvalue weighted by Crippen LogP contribution is -2.47. The minimum Gasteiger partial charge on any atom is -0.497 e. The van der Waals surface area contributed by atoms with Gasteiger partial charge in [0.15, 0.2) is 0 Å². The Morgan fingerprint density at radius 1 is 1.00 bits per heavy atom. The number of imidazole rings is 1. The number of ether oxygens (including phenoxy) is 1. The van der Waals surface area contributed by atoms with Crippen LogP contribution in [-0.2, 0) is 6.54 Å². The molecule has 1 unspecified atom stereocenters. The average molecular weight is 389 g/mol. The molecule has 3 aromatic rings. The highest BCUT2D eigenvalue weighted by Gasteiger charge is 2.33. The molecule has 2 aliphatic heterocycles. The van der Waals surface area contributed by atoms with Gasteiger partial charge in [-0.15, -0.1) is 0 Å². The van der Waals surface area contributed by atoms with Gasteiger partial charge < -0.3 is 14.6 Å². The van der Waals surface area contributed by atoms with E-state index in [0.29, 0.717) is 12.0 Å². The summed E-state index contributed by atoms with van der Waals surface area (Å²) in [5, 5.41) is 0. The van der Waals surface area contributed by atoms with E-state index in [9.17, 15) is 0 Å². The number of nitrogens with one attached hydrogen (secondary N) is 1. The van der Waals surface area contributed by atoms with Crippen molar-refractivity contribution in [3.8, 4) is 5.75 Å². The van der Waals surface area contributed by atoms with Crippen molar-refractivity contribution < 1.29 is 4.74 Å². The number of aromatic amines is 1. The highest BCUT2D eigenvalue weighted by Crippen LogP contribution is 2.34. The van der Waals surface area contributed by atoms with Crippen molar-refractivity contribution in [2.45, 2.75) is 31.3 Å². The Labute approximate surface area is 172 Å². The number of rotatable bonds is 4. The fourth-order valence-corrected chi connectivity index (χ4v) is 4.86. The summed E-state index contributed by atoms with van der Waals surface area (Å²) in [7, 11) is 1.72. The monoisotopic (exact) mass is 388 g/mol. The van der Waals surface area contributed by atoms with E-state index < -0.39 is 0 Å². The minimum absolute atomic E-state index is 0.353. The van der Waals surface area contributed by atoms with E-state index in [2.05, 4.69) is 74.4 Å². The molecule has 0 bridgehead atoms. The number of anilines is 1. The van der Waals surface area contributed by atoms with Crippen molar-refractivity contribution in [1.82, 2.24) is 14.9 Å². The van der Waals surface area contributed by atoms with E-state index >= 15 is 0 Å². The third-order valence-corrected chi connectivity index (χ3v) is 6.48. The highest BCUT2D eigenvalue weighted by atomic mass is 16.5. The van der Waals surface area contributed by atoms with E-state index in [1.165, 1.54) is 35.5 Å². The topological polar surface area (TPSA) is 44.4 Å². The van der Waals surface area contributed by atoms with Gasteiger partial charge in [0.1, 0.15) is 5.75 Å². The third-order valence-electron chi connectivity index (χ3n) is 6.48. The van der Waals surface area contributed by atoms with Crippen LogP contribution in [0.25, 0.3) is 0 Å². The zero-order chi connectivity index (χ0) is 19.6. The maximum atomic E-state index is 5.29. The molecule has 1 saturated heterocycles. The first-order valence-corrected chi connectivity index (χ1v) is 10.5. The number of nitrogens with zero attached hydrogens (tertiary/aromatic N) is 3. The lowest BCUT2D eigenvalue weighted by Gasteiger charge is -2.42. The maximum Gasteiger partial charge on any atom is 0.119 e. The molecule has 1 atom stereocenters. The zero-order valence-electron chi connectivity index (χ0n) is 16.9. The van der Waals surface area contributed by atoms with Gasteiger partial charge in [0.2, 0.25) is 0 Å². The van der Waals surface area contributed by atoms with Crippen molar-refractivity contribution in [2.24, 2.45) is 0 Å². The van der Waals surface area contributed by atoms with Crippen LogP contribution in [0.3, 0.4) is 0 Å². The van der Waals surface area contributed by atoms with Crippen molar-refractivity contribution in [3.05, 3.63) is 77.9 Å². The Hall–Kier alpha value is -2.79. The number of hydrogen-bond acceptors (Lipinski definition) is 4. The van der Waals surface area contributed by atoms with Crippen LogP contribution in [0.4, 0.5) is 5.69 Å². The molecule has 0 spiro atoms. The lowest BCUT2D eigenvalue weighted by molar-refractivity contribution is 0.142. The van der Waals surface area contributed by atoms with Crippen LogP contribution in [0, 0.1) is 0 Å². The summed E-state index contributed by atoms with van der Waals surface area (Å²) in [6.07, 6.45) is 4.24. The first-order chi connectivity index (χ1) is 14.3. The van der Waals surface area contributed by atoms with Crippen molar-refractivity contribution in [3.63, 3.8) is 0 Å². The van der Waals surface area contributed by atoms with Gasteiger partial charge in [-0.2, -0.15) is 0 Å². The Bertz CT molecular complexity index is 929. The second-order valence-electron chi connectivity index (χ2n) is 8.08. The van der Waals surface area contributed by atoms with Crippen LogP contribution < -0.4 is 9.64 Å². The molecule has 29 heavy (non-hydrogen) atoms. The highest BCUT2D eigenvalue weighted by molar-refractivity contribution is 5.49. The van der Waals surface area contributed by atoms with Gasteiger partial charge in [0.05, 0.1) is 24.8 Å². The second-order valence-corrected chi connectivity index (χ2v) is 8.08. The number of aromatic nitrogens is 2. The SMILES string of the molecule is COc1ccc(N2CCC(N3Cc4[nH]cnc4C(c4ccccc4)C3)CC2)cc1. The molecule has 1 aromatic heterocycles. The standard InChI is InChI=1S/C24H28N4O/c1-29-21-9-7-19(8-10-21)27-13-11-20(12-14-27)28-15-22(18-5-3-2-4-6-18)24-23(16-28)25-17-26-24/h2-10,17,20,22H,11-16H2,1H3,(H,25,26). The van der Waals surface area contributed by atoms with Crippen LogP contribution in [-0.4, -0.2) is 47.7 Å². The van der Waals surface area contributed by atoms with Gasteiger partial charge in [-0.05, 0) is 42.7 Å². The Morgan fingerprint density at radius 3 is 2.48 bits per heavy atom. The smallest absolute Gasteiger partial charge is 0.119 e. The van der Waals surface area contributed by atoms with Gasteiger partial charge in [0, 0.05) is 43.8 Å². The average Bonchev–Trinajstić information content (AvgIpc) is 3.28. The number of benzene rings is 2. The van der Waals surface area contributed by atoms with E-state index in [0.717, 1.165) is 31.9 Å². The summed E-state index contributed by atoms with van der Waals surface area (Å²) in [5.74, 6) is 1.27. The molecular weight excluding hydrogens is 360 g/mol. The van der Waals surface area contributed by atoms with E-state index in [4.69, 9.17) is 4.74 Å². The summed E-state index contributed by atoms with van der Waals surface area (Å²) in [5.41, 5.74) is 5.16. The van der Waals surface area contributed by atoms with Gasteiger partial charge in [0.25, 0.3) is 0 Å². The molecule has 3 heterocycles. The summed E-state index contributed by atoms with van der Waals surface area (Å²) < 4.78 is 5.29. The van der Waals surface area contributed by atoms with Crippen LogP contribution in [0.1, 0.15) is 35.7 Å². The number of fused-ring (bicyclic) bond motifs is 1. The zero-order valence-corrected chi connectivity index (χ0v) is 16.9. The summed E-state index contributed by atoms with van der Waals surface area (Å²) >= 11 is 0. The summed E-state index contributed by atoms with van der Waals surface area (Å²) in [4.78, 5) is 13.2. The van der Waals surface area contributed by atoms with E-state index in [1.807, 2.05) is 6.33 Å². The number of H-pyrrole nitrogens is 1. The van der Waals surface area contributed by atoms with Crippen molar-refractivity contribution >= 4 is 5.69 Å². The molecule has 1 fully saturated rings. The van der Waals surface area contributed by atoms with E-state index in [-0.39, 0.29) is 0 Å². The third kappa shape index (κ3) is 3.62. The maximum absolute atomic E-state index is 5.29. The van der Waals surface area contributed by atoms with Crippen LogP contribution in [0.15, 0.2) is 60.9 Å². The molecule has 0 aliphatic carbocycles. The molecule has 2 aliphatic rings. The number of hydrogen-bond donors (Lipinski definition) is 1. The van der Waals surface area contributed by atoms with Gasteiger partial charge in [-0.25, -0.2) is 4.98 Å². The molecule has 5 heteroatoms.